The Bertz CT molecular complexity index is 368. The lowest BCUT2D eigenvalue weighted by Crippen LogP contribution is -2.22. The van der Waals surface area contributed by atoms with E-state index < -0.39 is 0 Å². The van der Waals surface area contributed by atoms with Crippen LogP contribution >= 0.6 is 0 Å². The number of nitrogens with zero attached hydrogens (tertiary/aromatic N) is 2. The minimum Gasteiger partial charge on any atom is -0.385 e. The van der Waals surface area contributed by atoms with Gasteiger partial charge in [-0.2, -0.15) is 0 Å². The van der Waals surface area contributed by atoms with Crippen LogP contribution in [0.1, 0.15) is 31.7 Å². The maximum atomic E-state index is 5.07. The van der Waals surface area contributed by atoms with Crippen molar-refractivity contribution in [3.8, 4) is 0 Å². The third-order valence-electron chi connectivity index (χ3n) is 3.04. The molecule has 0 saturated heterocycles. The molecule has 1 aromatic heterocycles. The van der Waals surface area contributed by atoms with Gasteiger partial charge >= 0.3 is 0 Å². The molecular formula is C16H29N3O. The molecule has 0 saturated carbocycles. The SMILES string of the molecule is COCCCN(C)Cc1cccc(CNCC(C)C)n1. The summed E-state index contributed by atoms with van der Waals surface area (Å²) in [6, 6.07) is 6.28. The first kappa shape index (κ1) is 17.1. The third kappa shape index (κ3) is 7.58. The van der Waals surface area contributed by atoms with Crippen molar-refractivity contribution in [2.24, 2.45) is 5.92 Å². The number of methoxy groups -OCH3 is 1. The Hall–Kier alpha value is -0.970. The molecule has 0 aliphatic rings. The maximum Gasteiger partial charge on any atom is 0.0547 e. The van der Waals surface area contributed by atoms with E-state index in [1.54, 1.807) is 7.11 Å². The highest BCUT2D eigenvalue weighted by Gasteiger charge is 2.03. The fourth-order valence-electron chi connectivity index (χ4n) is 2.04. The van der Waals surface area contributed by atoms with Crippen LogP contribution in [0.5, 0.6) is 0 Å². The lowest BCUT2D eigenvalue weighted by Gasteiger charge is -2.16. The van der Waals surface area contributed by atoms with Gasteiger partial charge in [0.15, 0.2) is 0 Å². The zero-order valence-corrected chi connectivity index (χ0v) is 13.4. The molecule has 0 fully saturated rings. The van der Waals surface area contributed by atoms with Crippen LogP contribution in [0.3, 0.4) is 0 Å². The average molecular weight is 279 g/mol. The van der Waals surface area contributed by atoms with Crippen molar-refractivity contribution in [2.75, 3.05) is 33.9 Å². The quantitative estimate of drug-likeness (QED) is 0.667. The fourth-order valence-corrected chi connectivity index (χ4v) is 2.04. The maximum absolute atomic E-state index is 5.07. The molecule has 0 radical (unpaired) electrons. The van der Waals surface area contributed by atoms with Crippen molar-refractivity contribution in [3.63, 3.8) is 0 Å². The van der Waals surface area contributed by atoms with Gasteiger partial charge in [0.05, 0.1) is 11.4 Å². The van der Waals surface area contributed by atoms with Gasteiger partial charge in [-0.05, 0) is 38.1 Å². The second-order valence-electron chi connectivity index (χ2n) is 5.73. The summed E-state index contributed by atoms with van der Waals surface area (Å²) >= 11 is 0. The van der Waals surface area contributed by atoms with Crippen LogP contribution < -0.4 is 5.32 Å². The van der Waals surface area contributed by atoms with E-state index >= 15 is 0 Å². The molecule has 1 rings (SSSR count). The van der Waals surface area contributed by atoms with Gasteiger partial charge in [-0.25, -0.2) is 0 Å². The molecule has 0 aromatic carbocycles. The molecule has 0 spiro atoms. The van der Waals surface area contributed by atoms with Gasteiger partial charge in [0.2, 0.25) is 0 Å². The number of ether oxygens (including phenoxy) is 1. The van der Waals surface area contributed by atoms with E-state index in [1.165, 1.54) is 0 Å². The zero-order chi connectivity index (χ0) is 14.8. The Labute approximate surface area is 123 Å². The Morgan fingerprint density at radius 2 is 2.05 bits per heavy atom. The molecule has 4 nitrogen and oxygen atoms in total. The summed E-state index contributed by atoms with van der Waals surface area (Å²) in [6.45, 7) is 9.05. The Kier molecular flexibility index (Phi) is 8.42. The second-order valence-corrected chi connectivity index (χ2v) is 5.73. The molecule has 114 valence electrons. The highest BCUT2D eigenvalue weighted by molar-refractivity contribution is 5.11. The van der Waals surface area contributed by atoms with E-state index in [9.17, 15) is 0 Å². The molecular weight excluding hydrogens is 250 g/mol. The molecule has 20 heavy (non-hydrogen) atoms. The summed E-state index contributed by atoms with van der Waals surface area (Å²) < 4.78 is 5.07. The van der Waals surface area contributed by atoms with Crippen LogP contribution in [0.15, 0.2) is 18.2 Å². The largest absolute Gasteiger partial charge is 0.385 e. The van der Waals surface area contributed by atoms with E-state index in [4.69, 9.17) is 9.72 Å². The summed E-state index contributed by atoms with van der Waals surface area (Å²) in [5, 5.41) is 3.43. The van der Waals surface area contributed by atoms with Gasteiger partial charge in [-0.15, -0.1) is 0 Å². The van der Waals surface area contributed by atoms with Crippen LogP contribution in [0, 0.1) is 5.92 Å². The highest BCUT2D eigenvalue weighted by Crippen LogP contribution is 2.03. The Morgan fingerprint density at radius 3 is 2.75 bits per heavy atom. The molecule has 0 atom stereocenters. The Morgan fingerprint density at radius 1 is 1.30 bits per heavy atom. The average Bonchev–Trinajstić information content (AvgIpc) is 2.39. The zero-order valence-electron chi connectivity index (χ0n) is 13.4. The molecule has 1 N–H and O–H groups in total. The molecule has 0 bridgehead atoms. The number of hydrogen-bond acceptors (Lipinski definition) is 4. The smallest absolute Gasteiger partial charge is 0.0547 e. The summed E-state index contributed by atoms with van der Waals surface area (Å²) in [6.07, 6.45) is 1.06. The minimum absolute atomic E-state index is 0.671. The number of hydrogen-bond donors (Lipinski definition) is 1. The molecule has 1 heterocycles. The summed E-state index contributed by atoms with van der Waals surface area (Å²) in [4.78, 5) is 6.99. The van der Waals surface area contributed by atoms with Crippen molar-refractivity contribution in [3.05, 3.63) is 29.6 Å². The molecule has 0 aliphatic heterocycles. The number of rotatable bonds is 10. The van der Waals surface area contributed by atoms with Crippen LogP contribution in [0.4, 0.5) is 0 Å². The van der Waals surface area contributed by atoms with Crippen molar-refractivity contribution >= 4 is 0 Å². The van der Waals surface area contributed by atoms with Gasteiger partial charge in [-0.3, -0.25) is 4.98 Å². The first-order valence-electron chi connectivity index (χ1n) is 7.44. The van der Waals surface area contributed by atoms with Gasteiger partial charge in [0.1, 0.15) is 0 Å². The Balaban J connectivity index is 2.38. The van der Waals surface area contributed by atoms with E-state index in [0.717, 1.165) is 50.6 Å². The van der Waals surface area contributed by atoms with Crippen LogP contribution in [0.25, 0.3) is 0 Å². The van der Waals surface area contributed by atoms with Crippen molar-refractivity contribution in [1.29, 1.82) is 0 Å². The number of aromatic nitrogens is 1. The first-order chi connectivity index (χ1) is 9.61. The normalized spacial score (nSPS) is 11.5. The van der Waals surface area contributed by atoms with Crippen molar-refractivity contribution < 1.29 is 4.74 Å². The fraction of sp³-hybridized carbons (Fsp3) is 0.688. The monoisotopic (exact) mass is 279 g/mol. The van der Waals surface area contributed by atoms with Crippen molar-refractivity contribution in [2.45, 2.75) is 33.4 Å². The molecule has 0 aliphatic carbocycles. The molecule has 0 unspecified atom stereocenters. The standard InChI is InChI=1S/C16H29N3O/c1-14(2)11-17-12-15-7-5-8-16(18-15)13-19(3)9-6-10-20-4/h5,7-8,14,17H,6,9-13H2,1-4H3. The number of pyridine rings is 1. The second kappa shape index (κ2) is 9.86. The van der Waals surface area contributed by atoms with Crippen LogP contribution in [-0.4, -0.2) is 43.7 Å². The van der Waals surface area contributed by atoms with E-state index in [2.05, 4.69) is 49.3 Å². The van der Waals surface area contributed by atoms with E-state index in [0.29, 0.717) is 5.92 Å². The lowest BCUT2D eigenvalue weighted by atomic mass is 10.2. The number of nitrogens with one attached hydrogen (secondary N) is 1. The lowest BCUT2D eigenvalue weighted by molar-refractivity contribution is 0.177. The predicted octanol–water partition coefficient (Wildman–Crippen LogP) is 2.30. The summed E-state index contributed by atoms with van der Waals surface area (Å²) in [5.74, 6) is 0.671. The van der Waals surface area contributed by atoms with Crippen LogP contribution in [0.2, 0.25) is 0 Å². The van der Waals surface area contributed by atoms with Gasteiger partial charge in [0, 0.05) is 33.4 Å². The van der Waals surface area contributed by atoms with E-state index in [-0.39, 0.29) is 0 Å². The van der Waals surface area contributed by atoms with Crippen LogP contribution in [-0.2, 0) is 17.8 Å². The highest BCUT2D eigenvalue weighted by atomic mass is 16.5. The van der Waals surface area contributed by atoms with Crippen molar-refractivity contribution in [1.82, 2.24) is 15.2 Å². The predicted molar refractivity (Wildman–Crippen MR) is 83.6 cm³/mol. The van der Waals surface area contributed by atoms with Gasteiger partial charge in [-0.1, -0.05) is 19.9 Å². The minimum atomic E-state index is 0.671. The van der Waals surface area contributed by atoms with Gasteiger partial charge in [0.25, 0.3) is 0 Å². The summed E-state index contributed by atoms with van der Waals surface area (Å²) in [5.41, 5.74) is 2.25. The summed E-state index contributed by atoms with van der Waals surface area (Å²) in [7, 11) is 3.87. The first-order valence-corrected chi connectivity index (χ1v) is 7.44. The third-order valence-corrected chi connectivity index (χ3v) is 3.04. The molecule has 0 amide bonds. The van der Waals surface area contributed by atoms with E-state index in [1.807, 2.05) is 0 Å². The topological polar surface area (TPSA) is 37.4 Å². The molecule has 1 aromatic rings. The van der Waals surface area contributed by atoms with Gasteiger partial charge < -0.3 is 15.0 Å². The molecule has 4 heteroatoms.